The molecule has 0 aliphatic heterocycles. The minimum atomic E-state index is 0.628. The van der Waals surface area contributed by atoms with E-state index >= 15 is 0 Å². The Bertz CT molecular complexity index is 712. The Kier molecular flexibility index (Phi) is 4.38. The summed E-state index contributed by atoms with van der Waals surface area (Å²) >= 11 is 5.95. The van der Waals surface area contributed by atoms with Gasteiger partial charge in [-0.1, -0.05) is 29.8 Å². The van der Waals surface area contributed by atoms with Gasteiger partial charge < -0.3 is 14.5 Å². The summed E-state index contributed by atoms with van der Waals surface area (Å²) in [6.45, 7) is 2.10. The van der Waals surface area contributed by atoms with Crippen LogP contribution in [0.15, 0.2) is 54.9 Å². The highest BCUT2D eigenvalue weighted by molar-refractivity contribution is 6.30. The van der Waals surface area contributed by atoms with Crippen LogP contribution in [0.1, 0.15) is 5.69 Å². The molecule has 3 aromatic rings. The Hall–Kier alpha value is -2.04. The molecule has 2 aromatic heterocycles. The van der Waals surface area contributed by atoms with Crippen molar-refractivity contribution in [3.8, 4) is 5.75 Å². The molecule has 0 fully saturated rings. The molecule has 3 rings (SSSR count). The van der Waals surface area contributed by atoms with E-state index in [1.165, 1.54) is 0 Å². The lowest BCUT2D eigenvalue weighted by Crippen LogP contribution is -2.20. The fourth-order valence-electron chi connectivity index (χ4n) is 2.08. The molecule has 0 bridgehead atoms. The molecule has 0 radical (unpaired) electrons. The molecule has 0 amide bonds. The number of halogens is 1. The summed E-state index contributed by atoms with van der Waals surface area (Å²) in [6, 6.07) is 13.5. The van der Waals surface area contributed by atoms with E-state index in [4.69, 9.17) is 16.3 Å². The Morgan fingerprint density at radius 1 is 1.10 bits per heavy atom. The highest BCUT2D eigenvalue weighted by Gasteiger charge is 2.01. The third-order valence-corrected chi connectivity index (χ3v) is 3.29. The Morgan fingerprint density at radius 2 is 1.95 bits per heavy atom. The third-order valence-electron chi connectivity index (χ3n) is 3.06. The Morgan fingerprint density at radius 3 is 2.81 bits per heavy atom. The maximum absolute atomic E-state index is 5.95. The molecule has 1 aromatic carbocycles. The standard InChI is InChI=1S/C16H16ClN3O/c17-13-6-7-16-19-14(12-20(16)11-13)10-18-8-9-21-15-4-2-1-3-5-15/h1-7,11-12,18H,8-10H2. The summed E-state index contributed by atoms with van der Waals surface area (Å²) in [7, 11) is 0. The Balaban J connectivity index is 1.46. The van der Waals surface area contributed by atoms with Crippen molar-refractivity contribution in [2.75, 3.05) is 13.2 Å². The predicted octanol–water partition coefficient (Wildman–Crippen LogP) is 3.16. The van der Waals surface area contributed by atoms with Crippen LogP contribution in [0.5, 0.6) is 5.75 Å². The largest absolute Gasteiger partial charge is 0.492 e. The summed E-state index contributed by atoms with van der Waals surface area (Å²) in [5.74, 6) is 0.890. The summed E-state index contributed by atoms with van der Waals surface area (Å²) in [6.07, 6.45) is 3.83. The summed E-state index contributed by atoms with van der Waals surface area (Å²) < 4.78 is 7.54. The van der Waals surface area contributed by atoms with Crippen molar-refractivity contribution in [3.05, 3.63) is 65.6 Å². The van der Waals surface area contributed by atoms with E-state index in [1.807, 2.05) is 59.3 Å². The van der Waals surface area contributed by atoms with Crippen LogP contribution in [0, 0.1) is 0 Å². The van der Waals surface area contributed by atoms with E-state index in [2.05, 4.69) is 10.3 Å². The van der Waals surface area contributed by atoms with Gasteiger partial charge in [-0.15, -0.1) is 0 Å². The monoisotopic (exact) mass is 301 g/mol. The topological polar surface area (TPSA) is 38.6 Å². The highest BCUT2D eigenvalue weighted by atomic mass is 35.5. The van der Waals surface area contributed by atoms with E-state index in [1.54, 1.807) is 0 Å². The minimum Gasteiger partial charge on any atom is -0.492 e. The van der Waals surface area contributed by atoms with Crippen molar-refractivity contribution in [1.29, 1.82) is 0 Å². The number of hydrogen-bond acceptors (Lipinski definition) is 3. The molecular weight excluding hydrogens is 286 g/mol. The number of pyridine rings is 1. The molecule has 2 heterocycles. The maximum Gasteiger partial charge on any atom is 0.137 e. The average molecular weight is 302 g/mol. The molecule has 0 saturated heterocycles. The first-order valence-electron chi connectivity index (χ1n) is 6.83. The van der Waals surface area contributed by atoms with Gasteiger partial charge in [-0.05, 0) is 24.3 Å². The molecule has 0 aliphatic carbocycles. The fourth-order valence-corrected chi connectivity index (χ4v) is 2.24. The van der Waals surface area contributed by atoms with Gasteiger partial charge in [0.25, 0.3) is 0 Å². The normalized spacial score (nSPS) is 10.9. The number of nitrogens with one attached hydrogen (secondary N) is 1. The van der Waals surface area contributed by atoms with Crippen molar-refractivity contribution in [2.24, 2.45) is 0 Å². The van der Waals surface area contributed by atoms with Crippen LogP contribution in [-0.2, 0) is 6.54 Å². The molecule has 0 saturated carbocycles. The molecule has 5 heteroatoms. The zero-order valence-corrected chi connectivity index (χ0v) is 12.3. The van der Waals surface area contributed by atoms with Gasteiger partial charge in [-0.2, -0.15) is 0 Å². The first-order valence-corrected chi connectivity index (χ1v) is 7.21. The first-order chi connectivity index (χ1) is 10.3. The van der Waals surface area contributed by atoms with Crippen LogP contribution in [0.3, 0.4) is 0 Å². The number of ether oxygens (including phenoxy) is 1. The van der Waals surface area contributed by atoms with Gasteiger partial charge in [0.2, 0.25) is 0 Å². The summed E-state index contributed by atoms with van der Waals surface area (Å²) in [4.78, 5) is 4.51. The maximum atomic E-state index is 5.95. The predicted molar refractivity (Wildman–Crippen MR) is 83.8 cm³/mol. The van der Waals surface area contributed by atoms with Crippen LogP contribution < -0.4 is 10.1 Å². The lowest BCUT2D eigenvalue weighted by molar-refractivity contribution is 0.313. The van der Waals surface area contributed by atoms with Crippen LogP contribution in [0.4, 0.5) is 0 Å². The van der Waals surface area contributed by atoms with Gasteiger partial charge >= 0.3 is 0 Å². The molecule has 21 heavy (non-hydrogen) atoms. The lowest BCUT2D eigenvalue weighted by atomic mass is 10.3. The molecule has 108 valence electrons. The number of imidazole rings is 1. The fraction of sp³-hybridized carbons (Fsp3) is 0.188. The van der Waals surface area contributed by atoms with Gasteiger partial charge in [-0.3, -0.25) is 0 Å². The Labute approximate surface area is 128 Å². The number of nitrogens with zero attached hydrogens (tertiary/aromatic N) is 2. The molecule has 0 atom stereocenters. The molecule has 1 N–H and O–H groups in total. The van der Waals surface area contributed by atoms with Gasteiger partial charge in [0.1, 0.15) is 18.0 Å². The van der Waals surface area contributed by atoms with Gasteiger partial charge in [0, 0.05) is 25.5 Å². The smallest absolute Gasteiger partial charge is 0.137 e. The van der Waals surface area contributed by atoms with Gasteiger partial charge in [0.05, 0.1) is 10.7 Å². The van der Waals surface area contributed by atoms with E-state index in [-0.39, 0.29) is 0 Å². The number of para-hydroxylation sites is 1. The van der Waals surface area contributed by atoms with E-state index < -0.39 is 0 Å². The van der Waals surface area contributed by atoms with E-state index in [9.17, 15) is 0 Å². The minimum absolute atomic E-state index is 0.628. The van der Waals surface area contributed by atoms with Crippen LogP contribution in [-0.4, -0.2) is 22.5 Å². The molecule has 0 unspecified atom stereocenters. The van der Waals surface area contributed by atoms with Crippen LogP contribution >= 0.6 is 11.6 Å². The second kappa shape index (κ2) is 6.61. The van der Waals surface area contributed by atoms with Gasteiger partial charge in [0.15, 0.2) is 0 Å². The SMILES string of the molecule is Clc1ccc2nc(CNCCOc3ccccc3)cn2c1. The first kappa shape index (κ1) is 13.9. The number of hydrogen-bond donors (Lipinski definition) is 1. The highest BCUT2D eigenvalue weighted by Crippen LogP contribution is 2.11. The van der Waals surface area contributed by atoms with Crippen molar-refractivity contribution in [3.63, 3.8) is 0 Å². The molecule has 0 spiro atoms. The van der Waals surface area contributed by atoms with Crippen molar-refractivity contribution < 1.29 is 4.74 Å². The molecule has 4 nitrogen and oxygen atoms in total. The second-order valence-corrected chi connectivity index (χ2v) is 5.12. The van der Waals surface area contributed by atoms with Crippen molar-refractivity contribution >= 4 is 17.2 Å². The zero-order valence-electron chi connectivity index (χ0n) is 11.5. The number of benzene rings is 1. The van der Waals surface area contributed by atoms with Crippen LogP contribution in [0.2, 0.25) is 5.02 Å². The van der Waals surface area contributed by atoms with Crippen LogP contribution in [0.25, 0.3) is 5.65 Å². The number of fused-ring (bicyclic) bond motifs is 1. The summed E-state index contributed by atoms with van der Waals surface area (Å²) in [5, 5.41) is 4.02. The number of aromatic nitrogens is 2. The second-order valence-electron chi connectivity index (χ2n) is 4.68. The lowest BCUT2D eigenvalue weighted by Gasteiger charge is -2.06. The average Bonchev–Trinajstić information content (AvgIpc) is 2.90. The van der Waals surface area contributed by atoms with Crippen molar-refractivity contribution in [1.82, 2.24) is 14.7 Å². The third kappa shape index (κ3) is 3.74. The van der Waals surface area contributed by atoms with E-state index in [0.717, 1.165) is 23.6 Å². The summed E-state index contributed by atoms with van der Waals surface area (Å²) in [5.41, 5.74) is 1.88. The van der Waals surface area contributed by atoms with Gasteiger partial charge in [-0.25, -0.2) is 4.98 Å². The molecule has 0 aliphatic rings. The van der Waals surface area contributed by atoms with E-state index in [0.29, 0.717) is 18.2 Å². The van der Waals surface area contributed by atoms with Crippen molar-refractivity contribution in [2.45, 2.75) is 6.54 Å². The molecular formula is C16H16ClN3O. The number of rotatable bonds is 6. The quantitative estimate of drug-likeness (QED) is 0.711. The zero-order chi connectivity index (χ0) is 14.5.